The third kappa shape index (κ3) is 17.4. The van der Waals surface area contributed by atoms with Gasteiger partial charge in [-0.2, -0.15) is 0 Å². The molecule has 0 aliphatic carbocycles. The molecule has 4 bridgehead atoms. The second-order valence-electron chi connectivity index (χ2n) is 20.3. The van der Waals surface area contributed by atoms with Crippen LogP contribution in [0.5, 0.6) is 0 Å². The maximum atomic E-state index is 14.3. The molecule has 0 spiro atoms. The number of carbonyl (C=O) groups excluding carboxylic acids is 7. The lowest BCUT2D eigenvalue weighted by Crippen LogP contribution is -2.63. The predicted molar refractivity (Wildman–Crippen MR) is 283 cm³/mol. The Balaban J connectivity index is 1.13. The molecule has 6 N–H and O–H groups in total. The molecule has 1 aromatic carbocycles. The number of rotatable bonds is 24. The Morgan fingerprint density at radius 2 is 1.79 bits per heavy atom. The number of alkyl carbamates (subject to hydrolysis) is 1. The molecule has 4 heterocycles. The highest BCUT2D eigenvalue weighted by Gasteiger charge is 2.64. The average molecular weight is 1100 g/mol. The molecule has 2 saturated heterocycles. The van der Waals surface area contributed by atoms with Crippen molar-refractivity contribution in [3.05, 3.63) is 70.3 Å². The van der Waals surface area contributed by atoms with Gasteiger partial charge in [0.15, 0.2) is 5.72 Å². The number of nitrogens with zero attached hydrogens (tertiary/aromatic N) is 5. The van der Waals surface area contributed by atoms with Gasteiger partial charge in [0.1, 0.15) is 35.7 Å². The minimum Gasteiger partial charge on any atom is -0.457 e. The molecule has 1 unspecified atom stereocenters. The van der Waals surface area contributed by atoms with Gasteiger partial charge in [-0.05, 0) is 58.4 Å². The summed E-state index contributed by atoms with van der Waals surface area (Å²) in [5.41, 5.74) is 9.08. The minimum atomic E-state index is -1.86. The van der Waals surface area contributed by atoms with E-state index in [1.54, 1.807) is 51.0 Å². The number of Topliss-reactive ketones (excluding diaryl/α,β-unsaturated/α-hetero) is 1. The van der Waals surface area contributed by atoms with Gasteiger partial charge in [0.2, 0.25) is 23.6 Å². The van der Waals surface area contributed by atoms with Crippen molar-refractivity contribution < 1.29 is 67.1 Å². The van der Waals surface area contributed by atoms with Crippen molar-refractivity contribution in [1.29, 1.82) is 0 Å². The number of primary amides is 1. The van der Waals surface area contributed by atoms with Crippen LogP contribution >= 0.6 is 11.6 Å². The largest absolute Gasteiger partial charge is 0.457 e. The molecule has 426 valence electrons. The number of aromatic nitrogens is 2. The first kappa shape index (κ1) is 62.1. The van der Waals surface area contributed by atoms with Crippen molar-refractivity contribution in [2.45, 2.75) is 134 Å². The first-order chi connectivity index (χ1) is 36.4. The molecule has 1 aromatic heterocycles. The van der Waals surface area contributed by atoms with Crippen LogP contribution in [0.2, 0.25) is 5.02 Å². The second-order valence-corrected chi connectivity index (χ2v) is 20.7. The summed E-state index contributed by atoms with van der Waals surface area (Å²) in [6.07, 6.45) is 3.78. The molecule has 0 radical (unpaired) electrons. The van der Waals surface area contributed by atoms with Crippen molar-refractivity contribution >= 4 is 58.8 Å². The maximum absolute atomic E-state index is 14.3. The van der Waals surface area contributed by atoms with Crippen LogP contribution in [0.3, 0.4) is 0 Å². The molecular weight excluding hydrogens is 1020 g/mol. The fourth-order valence-corrected chi connectivity index (χ4v) is 9.60. The van der Waals surface area contributed by atoms with Gasteiger partial charge in [-0.3, -0.25) is 34.7 Å². The number of fused-ring (bicyclic) bond motifs is 5. The number of ether oxygens (including phenoxy) is 6. The molecule has 77 heavy (non-hydrogen) atoms. The molecule has 23 nitrogen and oxygen atoms in total. The number of benzene rings is 1. The Bertz CT molecular complexity index is 2490. The van der Waals surface area contributed by atoms with Crippen molar-refractivity contribution in [2.24, 2.45) is 17.6 Å². The van der Waals surface area contributed by atoms with Crippen molar-refractivity contribution in [3.8, 4) is 0 Å². The number of hydrogen-bond acceptors (Lipinski definition) is 17. The van der Waals surface area contributed by atoms with Gasteiger partial charge in [-0.1, -0.05) is 48.4 Å². The third-order valence-electron chi connectivity index (χ3n) is 14.3. The van der Waals surface area contributed by atoms with E-state index in [1.807, 2.05) is 50.3 Å². The van der Waals surface area contributed by atoms with Gasteiger partial charge in [0.25, 0.3) is 0 Å². The number of hydrazine groups is 1. The van der Waals surface area contributed by atoms with E-state index in [1.165, 1.54) is 30.9 Å². The molecule has 0 saturated carbocycles. The van der Waals surface area contributed by atoms with Gasteiger partial charge in [0, 0.05) is 79.1 Å². The van der Waals surface area contributed by atoms with E-state index < -0.39 is 89.3 Å². The number of anilines is 1. The summed E-state index contributed by atoms with van der Waals surface area (Å²) < 4.78 is 36.8. The smallest absolute Gasteiger partial charge is 0.409 e. The number of halogens is 1. The predicted octanol–water partition coefficient (Wildman–Crippen LogP) is 2.66. The number of nitrogens with one attached hydrogen (secondary N) is 3. The van der Waals surface area contributed by atoms with Crippen molar-refractivity contribution in [3.63, 3.8) is 0 Å². The number of aryl methyl sites for hydroxylation is 2. The SMILES string of the molecule is CNN(C)Cc1cn(CCC(=O)C[C@@H](CC(N)=O)C(=O)NCCOCCOCCC(=O)N(C)[C@@H](C)C(=O)O[C@H]2CC(=O)N(C)c3cc(cc(C)c3Cl)C/C(C)=C/C=C/[C@@H](OC)[C@]3(O)C[C@H](OC(=O)N3)[C@@H](C)C3O[C@]32C)cn1. The molecule has 3 aliphatic rings. The molecule has 2 fully saturated rings. The molecule has 24 heteroatoms. The van der Waals surface area contributed by atoms with E-state index in [-0.39, 0.29) is 77.3 Å². The Morgan fingerprint density at radius 1 is 1.08 bits per heavy atom. The number of allylic oxidation sites excluding steroid dienone is 3. The summed E-state index contributed by atoms with van der Waals surface area (Å²) in [7, 11) is 8.13. The summed E-state index contributed by atoms with van der Waals surface area (Å²) in [6.45, 7) is 10.1. The van der Waals surface area contributed by atoms with Gasteiger partial charge in [-0.15, -0.1) is 0 Å². The fourth-order valence-electron chi connectivity index (χ4n) is 9.37. The number of epoxide rings is 1. The number of hydrogen-bond donors (Lipinski definition) is 5. The summed E-state index contributed by atoms with van der Waals surface area (Å²) in [5.74, 6) is -4.58. The summed E-state index contributed by atoms with van der Waals surface area (Å²) in [6, 6.07) is 2.65. The Hall–Kier alpha value is -5.79. The number of nitrogens with two attached hydrogens (primary N) is 1. The highest BCUT2D eigenvalue weighted by atomic mass is 35.5. The Kier molecular flexibility index (Phi) is 22.7. The van der Waals surface area contributed by atoms with E-state index in [4.69, 9.17) is 45.8 Å². The quantitative estimate of drug-likeness (QED) is 0.0437. The number of carbonyl (C=O) groups is 7. The van der Waals surface area contributed by atoms with Crippen molar-refractivity contribution in [1.82, 2.24) is 35.5 Å². The van der Waals surface area contributed by atoms with Crippen LogP contribution in [-0.4, -0.2) is 176 Å². The molecular formula is C53H78ClN9O14. The van der Waals surface area contributed by atoms with Gasteiger partial charge >= 0.3 is 12.1 Å². The van der Waals surface area contributed by atoms with Crippen LogP contribution in [0, 0.1) is 18.8 Å². The topological polar surface area (TPSA) is 288 Å². The molecule has 9 atom stereocenters. The number of imidazole rings is 1. The first-order valence-electron chi connectivity index (χ1n) is 25.8. The van der Waals surface area contributed by atoms with E-state index in [0.29, 0.717) is 30.2 Å². The number of methoxy groups -OCH3 is 1. The zero-order valence-corrected chi connectivity index (χ0v) is 46.7. The summed E-state index contributed by atoms with van der Waals surface area (Å²) in [5, 5.41) is 19.3. The molecule has 5 amide bonds. The van der Waals surface area contributed by atoms with Crippen LogP contribution in [0.1, 0.15) is 83.0 Å². The highest BCUT2D eigenvalue weighted by molar-refractivity contribution is 6.34. The highest BCUT2D eigenvalue weighted by Crippen LogP contribution is 2.49. The zero-order chi connectivity index (χ0) is 56.8. The third-order valence-corrected chi connectivity index (χ3v) is 14.8. The first-order valence-corrected chi connectivity index (χ1v) is 26.2. The molecule has 2 aromatic rings. The monoisotopic (exact) mass is 1100 g/mol. The zero-order valence-electron chi connectivity index (χ0n) is 45.9. The van der Waals surface area contributed by atoms with Crippen LogP contribution < -0.4 is 26.7 Å². The van der Waals surface area contributed by atoms with Gasteiger partial charge in [-0.25, -0.2) is 19.6 Å². The number of amides is 5. The van der Waals surface area contributed by atoms with Gasteiger partial charge < -0.3 is 58.9 Å². The number of esters is 1. The van der Waals surface area contributed by atoms with E-state index in [2.05, 4.69) is 21.0 Å². The number of aliphatic hydroxyl groups is 1. The number of ketones is 1. The van der Waals surface area contributed by atoms with Crippen molar-refractivity contribution in [2.75, 3.05) is 73.2 Å². The van der Waals surface area contributed by atoms with Crippen LogP contribution in [-0.2, 0) is 76.7 Å². The van der Waals surface area contributed by atoms with Crippen LogP contribution in [0.15, 0.2) is 48.5 Å². The lowest BCUT2D eigenvalue weighted by molar-refractivity contribution is -0.162. The normalized spacial score (nSPS) is 25.5. The lowest BCUT2D eigenvalue weighted by atomic mass is 9.83. The second kappa shape index (κ2) is 28.2. The number of likely N-dealkylation sites (N-methyl/N-ethyl adjacent to an activating group) is 1. The summed E-state index contributed by atoms with van der Waals surface area (Å²) in [4.78, 5) is 99.1. The van der Waals surface area contributed by atoms with E-state index >= 15 is 0 Å². The average Bonchev–Trinajstić information content (AvgIpc) is 4.02. The summed E-state index contributed by atoms with van der Waals surface area (Å²) >= 11 is 6.82. The minimum absolute atomic E-state index is 0.00458. The van der Waals surface area contributed by atoms with Gasteiger partial charge in [0.05, 0.1) is 80.6 Å². The molecule has 3 aliphatic heterocycles. The van der Waals surface area contributed by atoms with E-state index in [9.17, 15) is 38.7 Å². The van der Waals surface area contributed by atoms with Crippen LogP contribution in [0.4, 0.5) is 10.5 Å². The Morgan fingerprint density at radius 3 is 2.48 bits per heavy atom. The lowest BCUT2D eigenvalue weighted by Gasteiger charge is -2.42. The van der Waals surface area contributed by atoms with Crippen LogP contribution in [0.25, 0.3) is 0 Å². The Labute approximate surface area is 455 Å². The standard InChI is InChI=1S/C53H78ClN9O14/c1-32-12-11-13-42(72-10)53(71)28-41(75-51(70)59-53)34(3)48-52(5,77-48)43(27-46(67)62(9)40-24-36(22-32)23-33(2)47(40)54)76-50(69)35(4)61(8)45(66)15-18-73-20-21-74-19-16-57-49(68)37(26-44(55)65)25-39(64)14-17-63-30-38(58-31-63)29-60(7)56-6/h11-13,23-24,30-31,34-35,37,41-43,48,56,71H,14-22,25-29H2,1-10H3,(H2,55,65)(H,57,68)(H,59,70)/b13-11+,32-12+/t34-,35+,37+,41+,42-,43+,48?,52+,53-/m1/s1. The maximum Gasteiger partial charge on any atom is 0.409 e. The van der Waals surface area contributed by atoms with E-state index in [0.717, 1.165) is 22.4 Å². The fraction of sp³-hybridized carbons (Fsp3) is 0.623. The molecule has 5 rings (SSSR count).